The molecule has 0 atom stereocenters. The lowest BCUT2D eigenvalue weighted by atomic mass is 9.82. The Balaban J connectivity index is 2.76. The maximum Gasteiger partial charge on any atom is 0.255 e. The molecule has 1 amide bonds. The fraction of sp³-hybridized carbons (Fsp3) is 0.562. The Hall–Kier alpha value is -1.55. The minimum Gasteiger partial charge on any atom is -0.493 e. The van der Waals surface area contributed by atoms with E-state index in [0.29, 0.717) is 31.0 Å². The molecule has 1 aromatic rings. The van der Waals surface area contributed by atoms with Gasteiger partial charge in [-0.2, -0.15) is 0 Å². The molecule has 4 heteroatoms. The minimum absolute atomic E-state index is 0.0176. The molecular formula is C16H26N2O2. The maximum absolute atomic E-state index is 12.3. The van der Waals surface area contributed by atoms with Gasteiger partial charge in [-0.25, -0.2) is 0 Å². The Morgan fingerprint density at radius 2 is 1.90 bits per heavy atom. The summed E-state index contributed by atoms with van der Waals surface area (Å²) in [5, 5.41) is 2.99. The predicted molar refractivity (Wildman–Crippen MR) is 82.0 cm³/mol. The molecule has 0 fully saturated rings. The first-order valence-electron chi connectivity index (χ1n) is 7.32. The fourth-order valence-corrected chi connectivity index (χ4v) is 2.16. The van der Waals surface area contributed by atoms with E-state index in [2.05, 4.69) is 19.2 Å². The van der Waals surface area contributed by atoms with Crippen molar-refractivity contribution >= 4 is 5.91 Å². The van der Waals surface area contributed by atoms with Crippen molar-refractivity contribution < 1.29 is 9.53 Å². The first-order valence-corrected chi connectivity index (χ1v) is 7.32. The predicted octanol–water partition coefficient (Wildman–Crippen LogP) is 2.58. The topological polar surface area (TPSA) is 64.3 Å². The van der Waals surface area contributed by atoms with Crippen LogP contribution in [0.5, 0.6) is 5.75 Å². The molecule has 1 aromatic carbocycles. The second-order valence-electron chi connectivity index (χ2n) is 5.02. The summed E-state index contributed by atoms with van der Waals surface area (Å²) in [5.41, 5.74) is 6.41. The molecule has 20 heavy (non-hydrogen) atoms. The Labute approximate surface area is 121 Å². The molecule has 4 nitrogen and oxygen atoms in total. The van der Waals surface area contributed by atoms with Gasteiger partial charge in [0, 0.05) is 6.54 Å². The molecule has 0 radical (unpaired) electrons. The lowest BCUT2D eigenvalue weighted by Crippen LogP contribution is -2.41. The molecule has 1 rings (SSSR count). The summed E-state index contributed by atoms with van der Waals surface area (Å²) in [5.74, 6) is 0.521. The number of benzene rings is 1. The third kappa shape index (κ3) is 3.97. The summed E-state index contributed by atoms with van der Waals surface area (Å²) in [6.07, 6.45) is 1.90. The van der Waals surface area contributed by atoms with Gasteiger partial charge in [-0.1, -0.05) is 26.0 Å². The summed E-state index contributed by atoms with van der Waals surface area (Å²) < 4.78 is 5.48. The zero-order chi connectivity index (χ0) is 15.0. The highest BCUT2D eigenvalue weighted by Crippen LogP contribution is 2.24. The average Bonchev–Trinajstić information content (AvgIpc) is 2.50. The van der Waals surface area contributed by atoms with E-state index in [1.807, 2.05) is 25.1 Å². The smallest absolute Gasteiger partial charge is 0.255 e. The van der Waals surface area contributed by atoms with E-state index >= 15 is 0 Å². The van der Waals surface area contributed by atoms with Crippen molar-refractivity contribution in [2.45, 2.75) is 33.6 Å². The van der Waals surface area contributed by atoms with E-state index in [1.54, 1.807) is 6.07 Å². The molecule has 0 bridgehead atoms. The van der Waals surface area contributed by atoms with Crippen molar-refractivity contribution in [1.82, 2.24) is 5.32 Å². The van der Waals surface area contributed by atoms with Crippen LogP contribution in [-0.4, -0.2) is 25.6 Å². The Morgan fingerprint density at radius 3 is 2.45 bits per heavy atom. The van der Waals surface area contributed by atoms with Gasteiger partial charge in [-0.15, -0.1) is 0 Å². The first-order chi connectivity index (χ1) is 9.62. The van der Waals surface area contributed by atoms with Crippen LogP contribution in [0, 0.1) is 5.41 Å². The third-order valence-electron chi connectivity index (χ3n) is 3.99. The Bertz CT molecular complexity index is 420. The number of carbonyl (C=O) groups excluding carboxylic acids is 1. The van der Waals surface area contributed by atoms with E-state index in [4.69, 9.17) is 10.5 Å². The largest absolute Gasteiger partial charge is 0.493 e. The highest BCUT2D eigenvalue weighted by Gasteiger charge is 2.25. The van der Waals surface area contributed by atoms with Gasteiger partial charge in [0.05, 0.1) is 12.2 Å². The van der Waals surface area contributed by atoms with E-state index in [1.165, 1.54) is 0 Å². The first kappa shape index (κ1) is 16.5. The minimum atomic E-state index is -0.103. The van der Waals surface area contributed by atoms with Crippen molar-refractivity contribution in [3.8, 4) is 5.75 Å². The van der Waals surface area contributed by atoms with Crippen molar-refractivity contribution in [2.75, 3.05) is 19.7 Å². The van der Waals surface area contributed by atoms with Crippen LogP contribution in [0.1, 0.15) is 44.0 Å². The number of rotatable bonds is 8. The van der Waals surface area contributed by atoms with Crippen molar-refractivity contribution in [1.29, 1.82) is 0 Å². The molecule has 0 unspecified atom stereocenters. The number of nitrogens with two attached hydrogens (primary N) is 1. The molecule has 0 saturated heterocycles. The van der Waals surface area contributed by atoms with Gasteiger partial charge in [0.1, 0.15) is 5.75 Å². The molecule has 112 valence electrons. The van der Waals surface area contributed by atoms with Crippen molar-refractivity contribution in [3.05, 3.63) is 29.8 Å². The highest BCUT2D eigenvalue weighted by molar-refractivity contribution is 5.96. The van der Waals surface area contributed by atoms with Crippen LogP contribution in [0.15, 0.2) is 24.3 Å². The number of ether oxygens (including phenoxy) is 1. The number of carbonyl (C=O) groups is 1. The van der Waals surface area contributed by atoms with E-state index in [0.717, 1.165) is 12.8 Å². The second kappa shape index (κ2) is 7.90. The van der Waals surface area contributed by atoms with Gasteiger partial charge in [0.15, 0.2) is 0 Å². The van der Waals surface area contributed by atoms with E-state index in [9.17, 15) is 4.79 Å². The van der Waals surface area contributed by atoms with Crippen LogP contribution in [0.2, 0.25) is 0 Å². The second-order valence-corrected chi connectivity index (χ2v) is 5.02. The standard InChI is InChI=1S/C16H26N2O2/c1-4-16(5-2,11-17)12-18-15(19)13-9-7-8-10-14(13)20-6-3/h7-10H,4-6,11-12,17H2,1-3H3,(H,18,19). The van der Waals surface area contributed by atoms with Crippen molar-refractivity contribution in [3.63, 3.8) is 0 Å². The number of hydrogen-bond donors (Lipinski definition) is 2. The normalized spacial score (nSPS) is 11.2. The third-order valence-corrected chi connectivity index (χ3v) is 3.99. The van der Waals surface area contributed by atoms with Crippen LogP contribution in [0.3, 0.4) is 0 Å². The molecule has 0 saturated carbocycles. The summed E-state index contributed by atoms with van der Waals surface area (Å²) in [7, 11) is 0. The SMILES string of the molecule is CCOc1ccccc1C(=O)NCC(CC)(CC)CN. The van der Waals surface area contributed by atoms with Gasteiger partial charge in [0.2, 0.25) is 0 Å². The quantitative estimate of drug-likeness (QED) is 0.768. The number of nitrogens with one attached hydrogen (secondary N) is 1. The molecule has 0 aliphatic rings. The fourth-order valence-electron chi connectivity index (χ4n) is 2.16. The van der Waals surface area contributed by atoms with Gasteiger partial charge in [-0.05, 0) is 43.9 Å². The lowest BCUT2D eigenvalue weighted by Gasteiger charge is -2.30. The van der Waals surface area contributed by atoms with E-state index < -0.39 is 0 Å². The average molecular weight is 278 g/mol. The zero-order valence-electron chi connectivity index (χ0n) is 12.7. The molecule has 0 aliphatic carbocycles. The Kier molecular flexibility index (Phi) is 6.52. The monoisotopic (exact) mass is 278 g/mol. The van der Waals surface area contributed by atoms with Crippen LogP contribution in [0.25, 0.3) is 0 Å². The molecule has 3 N–H and O–H groups in total. The number of hydrogen-bond acceptors (Lipinski definition) is 3. The van der Waals surface area contributed by atoms with Crippen LogP contribution >= 0.6 is 0 Å². The highest BCUT2D eigenvalue weighted by atomic mass is 16.5. The number of amides is 1. The van der Waals surface area contributed by atoms with Crippen molar-refractivity contribution in [2.24, 2.45) is 11.1 Å². The molecule has 0 aliphatic heterocycles. The summed E-state index contributed by atoms with van der Waals surface area (Å²) >= 11 is 0. The molecule has 0 heterocycles. The summed E-state index contributed by atoms with van der Waals surface area (Å²) in [6, 6.07) is 7.30. The van der Waals surface area contributed by atoms with Gasteiger partial charge in [0.25, 0.3) is 5.91 Å². The molecule has 0 aromatic heterocycles. The van der Waals surface area contributed by atoms with Gasteiger partial charge < -0.3 is 15.8 Å². The zero-order valence-corrected chi connectivity index (χ0v) is 12.7. The van der Waals surface area contributed by atoms with Crippen LogP contribution in [-0.2, 0) is 0 Å². The van der Waals surface area contributed by atoms with Crippen LogP contribution < -0.4 is 15.8 Å². The maximum atomic E-state index is 12.3. The van der Waals surface area contributed by atoms with E-state index in [-0.39, 0.29) is 11.3 Å². The molecule has 0 spiro atoms. The number of para-hydroxylation sites is 1. The summed E-state index contributed by atoms with van der Waals surface area (Å²) in [6.45, 7) is 7.83. The van der Waals surface area contributed by atoms with Gasteiger partial charge in [-0.3, -0.25) is 4.79 Å². The summed E-state index contributed by atoms with van der Waals surface area (Å²) in [4.78, 5) is 12.3. The van der Waals surface area contributed by atoms with Gasteiger partial charge >= 0.3 is 0 Å². The van der Waals surface area contributed by atoms with Crippen LogP contribution in [0.4, 0.5) is 0 Å². The molecular weight excluding hydrogens is 252 g/mol. The lowest BCUT2D eigenvalue weighted by molar-refractivity contribution is 0.0924. The Morgan fingerprint density at radius 1 is 1.25 bits per heavy atom.